The molecule has 128 valence electrons. The van der Waals surface area contributed by atoms with E-state index >= 15 is 0 Å². The van der Waals surface area contributed by atoms with Gasteiger partial charge >= 0.3 is 0 Å². The predicted octanol–water partition coefficient (Wildman–Crippen LogP) is 4.57. The van der Waals surface area contributed by atoms with Gasteiger partial charge in [0.1, 0.15) is 5.75 Å². The molecule has 0 bridgehead atoms. The van der Waals surface area contributed by atoms with E-state index in [0.717, 1.165) is 26.4 Å². The molecule has 0 unspecified atom stereocenters. The highest BCUT2D eigenvalue weighted by molar-refractivity contribution is 9.10. The van der Waals surface area contributed by atoms with Crippen LogP contribution in [0.1, 0.15) is 15.2 Å². The molecule has 3 rings (SSSR count). The van der Waals surface area contributed by atoms with Crippen molar-refractivity contribution < 1.29 is 9.53 Å². The summed E-state index contributed by atoms with van der Waals surface area (Å²) in [5.41, 5.74) is 2.67. The molecule has 3 aromatic rings. The number of aromatic nitrogens is 1. The van der Waals surface area contributed by atoms with Crippen LogP contribution in [0.5, 0.6) is 5.75 Å². The first-order chi connectivity index (χ1) is 12.0. The summed E-state index contributed by atoms with van der Waals surface area (Å²) < 4.78 is 8.03. The van der Waals surface area contributed by atoms with Crippen molar-refractivity contribution in [3.63, 3.8) is 0 Å². The van der Waals surface area contributed by atoms with E-state index < -0.39 is 0 Å². The van der Waals surface area contributed by atoms with Gasteiger partial charge in [-0.1, -0.05) is 22.0 Å². The van der Waals surface area contributed by atoms with Crippen molar-refractivity contribution in [2.24, 2.45) is 12.0 Å². The topological polar surface area (TPSA) is 43.6 Å². The van der Waals surface area contributed by atoms with Crippen molar-refractivity contribution in [2.45, 2.75) is 6.92 Å². The van der Waals surface area contributed by atoms with Crippen molar-refractivity contribution >= 4 is 33.2 Å². The van der Waals surface area contributed by atoms with Crippen molar-refractivity contribution in [1.29, 1.82) is 0 Å². The molecule has 0 aliphatic rings. The summed E-state index contributed by atoms with van der Waals surface area (Å²) in [7, 11) is 3.57. The van der Waals surface area contributed by atoms with E-state index in [9.17, 15) is 4.79 Å². The normalized spacial score (nSPS) is 11.6. The number of benzene rings is 2. The molecule has 0 saturated heterocycles. The van der Waals surface area contributed by atoms with Crippen molar-refractivity contribution in [2.75, 3.05) is 7.11 Å². The lowest BCUT2D eigenvalue weighted by atomic mass is 10.1. The Hall–Kier alpha value is -2.18. The molecule has 0 aliphatic heterocycles. The maximum Gasteiger partial charge on any atom is 0.279 e. The largest absolute Gasteiger partial charge is 0.497 e. The Balaban J connectivity index is 2.02. The number of methoxy groups -OCH3 is 1. The summed E-state index contributed by atoms with van der Waals surface area (Å²) in [6.45, 7) is 2.03. The van der Waals surface area contributed by atoms with Crippen LogP contribution in [-0.2, 0) is 7.05 Å². The zero-order valence-corrected chi connectivity index (χ0v) is 16.5. The van der Waals surface area contributed by atoms with Gasteiger partial charge in [-0.3, -0.25) is 4.79 Å². The zero-order valence-electron chi connectivity index (χ0n) is 14.1. The van der Waals surface area contributed by atoms with Crippen LogP contribution < -0.4 is 9.54 Å². The van der Waals surface area contributed by atoms with Crippen LogP contribution in [0.25, 0.3) is 11.3 Å². The highest BCUT2D eigenvalue weighted by atomic mass is 79.9. The van der Waals surface area contributed by atoms with E-state index in [-0.39, 0.29) is 5.91 Å². The number of nitrogens with zero attached hydrogens (tertiary/aromatic N) is 2. The number of hydrogen-bond acceptors (Lipinski definition) is 3. The Morgan fingerprint density at radius 3 is 2.56 bits per heavy atom. The van der Waals surface area contributed by atoms with E-state index in [0.29, 0.717) is 10.4 Å². The minimum Gasteiger partial charge on any atom is -0.497 e. The van der Waals surface area contributed by atoms with Gasteiger partial charge in [0.2, 0.25) is 0 Å². The third kappa shape index (κ3) is 3.75. The number of carbonyl (C=O) groups is 1. The van der Waals surface area contributed by atoms with Crippen LogP contribution in [-0.4, -0.2) is 17.6 Å². The Labute approximate surface area is 158 Å². The molecule has 0 radical (unpaired) electrons. The minimum atomic E-state index is -0.251. The number of ether oxygens (including phenoxy) is 1. The molecule has 0 saturated carbocycles. The molecular formula is C19H17BrN2O2S. The molecular weight excluding hydrogens is 400 g/mol. The fraction of sp³-hybridized carbons (Fsp3) is 0.158. The van der Waals surface area contributed by atoms with Crippen LogP contribution >= 0.6 is 27.3 Å². The fourth-order valence-corrected chi connectivity index (χ4v) is 3.98. The minimum absolute atomic E-state index is 0.251. The molecule has 6 heteroatoms. The Morgan fingerprint density at radius 2 is 1.92 bits per heavy atom. The van der Waals surface area contributed by atoms with Gasteiger partial charge in [-0.05, 0) is 55.0 Å². The second-order valence-electron chi connectivity index (χ2n) is 5.50. The third-order valence-electron chi connectivity index (χ3n) is 3.83. The molecule has 1 amide bonds. The first kappa shape index (κ1) is 17.6. The predicted molar refractivity (Wildman–Crippen MR) is 104 cm³/mol. The second-order valence-corrected chi connectivity index (χ2v) is 7.60. The van der Waals surface area contributed by atoms with Gasteiger partial charge in [0.15, 0.2) is 4.80 Å². The summed E-state index contributed by atoms with van der Waals surface area (Å²) in [4.78, 5) is 18.5. The lowest BCUT2D eigenvalue weighted by Crippen LogP contribution is -2.14. The van der Waals surface area contributed by atoms with E-state index in [4.69, 9.17) is 4.74 Å². The quantitative estimate of drug-likeness (QED) is 0.627. The Bertz CT molecular complexity index is 987. The standard InChI is InChI=1S/C19H17BrN2O2S/c1-12-17(13-7-9-16(24-3)10-8-13)22(2)19(25-12)21-18(23)14-5-4-6-15(20)11-14/h4-11H,1-3H3. The molecule has 0 spiro atoms. The molecule has 0 fully saturated rings. The maximum atomic E-state index is 12.4. The zero-order chi connectivity index (χ0) is 18.0. The molecule has 1 heterocycles. The lowest BCUT2D eigenvalue weighted by molar-refractivity contribution is 0.0998. The number of rotatable bonds is 3. The van der Waals surface area contributed by atoms with E-state index in [1.165, 1.54) is 11.3 Å². The number of carbonyl (C=O) groups excluding carboxylic acids is 1. The number of amides is 1. The Kier molecular flexibility index (Phi) is 5.20. The smallest absolute Gasteiger partial charge is 0.279 e. The lowest BCUT2D eigenvalue weighted by Gasteiger charge is -2.06. The first-order valence-corrected chi connectivity index (χ1v) is 9.26. The molecule has 0 aliphatic carbocycles. The van der Waals surface area contributed by atoms with Gasteiger partial charge < -0.3 is 9.30 Å². The monoisotopic (exact) mass is 416 g/mol. The van der Waals surface area contributed by atoms with E-state index in [1.807, 2.05) is 54.9 Å². The SMILES string of the molecule is COc1ccc(-c2c(C)sc(=NC(=O)c3cccc(Br)c3)n2C)cc1. The van der Waals surface area contributed by atoms with Crippen molar-refractivity contribution in [1.82, 2.24) is 4.57 Å². The van der Waals surface area contributed by atoms with Gasteiger partial charge in [-0.25, -0.2) is 0 Å². The molecule has 1 aromatic heterocycles. The highest BCUT2D eigenvalue weighted by Crippen LogP contribution is 2.26. The van der Waals surface area contributed by atoms with Crippen LogP contribution in [0.15, 0.2) is 58.0 Å². The van der Waals surface area contributed by atoms with Crippen molar-refractivity contribution in [3.05, 3.63) is 68.2 Å². The molecule has 4 nitrogen and oxygen atoms in total. The summed E-state index contributed by atoms with van der Waals surface area (Å²) in [6.07, 6.45) is 0. The summed E-state index contributed by atoms with van der Waals surface area (Å²) in [5, 5.41) is 0. The fourth-order valence-electron chi connectivity index (χ4n) is 2.60. The number of halogens is 1. The van der Waals surface area contributed by atoms with E-state index in [2.05, 4.69) is 20.9 Å². The summed E-state index contributed by atoms with van der Waals surface area (Å²) >= 11 is 4.89. The van der Waals surface area contributed by atoms with Gasteiger partial charge in [0.05, 0.1) is 12.8 Å². The van der Waals surface area contributed by atoms with Crippen molar-refractivity contribution in [3.8, 4) is 17.0 Å². The molecule has 25 heavy (non-hydrogen) atoms. The van der Waals surface area contributed by atoms with Crippen LogP contribution in [0.2, 0.25) is 0 Å². The number of aryl methyl sites for hydroxylation is 1. The maximum absolute atomic E-state index is 12.4. The molecule has 2 aromatic carbocycles. The summed E-state index contributed by atoms with van der Waals surface area (Å²) in [6, 6.07) is 15.1. The highest BCUT2D eigenvalue weighted by Gasteiger charge is 2.12. The average molecular weight is 417 g/mol. The van der Waals surface area contributed by atoms with Crippen LogP contribution in [0.4, 0.5) is 0 Å². The Morgan fingerprint density at radius 1 is 1.20 bits per heavy atom. The average Bonchev–Trinajstić information content (AvgIpc) is 2.88. The third-order valence-corrected chi connectivity index (χ3v) is 5.37. The molecule has 0 atom stereocenters. The number of hydrogen-bond donors (Lipinski definition) is 0. The van der Waals surface area contributed by atoms with Gasteiger partial charge in [-0.15, -0.1) is 11.3 Å². The van der Waals surface area contributed by atoms with Crippen LogP contribution in [0, 0.1) is 6.92 Å². The van der Waals surface area contributed by atoms with Crippen LogP contribution in [0.3, 0.4) is 0 Å². The van der Waals surface area contributed by atoms with Gasteiger partial charge in [-0.2, -0.15) is 4.99 Å². The molecule has 0 N–H and O–H groups in total. The second kappa shape index (κ2) is 7.37. The summed E-state index contributed by atoms with van der Waals surface area (Å²) in [5.74, 6) is 0.563. The first-order valence-electron chi connectivity index (χ1n) is 7.65. The van der Waals surface area contributed by atoms with E-state index in [1.54, 1.807) is 19.2 Å². The number of thiazole rings is 1. The van der Waals surface area contributed by atoms with Gasteiger partial charge in [0.25, 0.3) is 5.91 Å². The van der Waals surface area contributed by atoms with Gasteiger partial charge in [0, 0.05) is 22.0 Å².